The normalized spacial score (nSPS) is 15.9. The monoisotopic (exact) mass is 425 g/mol. The lowest BCUT2D eigenvalue weighted by molar-refractivity contribution is 0.0512. The highest BCUT2D eigenvalue weighted by atomic mass is 16.5. The van der Waals surface area contributed by atoms with Gasteiger partial charge in [-0.15, -0.1) is 0 Å². The van der Waals surface area contributed by atoms with Crippen molar-refractivity contribution in [2.24, 2.45) is 4.99 Å². The van der Waals surface area contributed by atoms with Gasteiger partial charge in [-0.25, -0.2) is 0 Å². The van der Waals surface area contributed by atoms with Crippen LogP contribution in [0, 0.1) is 0 Å². The molecular formula is C25H35N3O3. The third-order valence-corrected chi connectivity index (χ3v) is 5.96. The standard InChI is InChI=1S/C25H35N3O3/c1-5-31-23-10-6-20(7-11-23)18-28(3)24(26-2)27-19-25(14-16-30-17-15-25)21-8-12-22(29-4)13-9-21/h6-13H,5,14-19H2,1-4H3,(H,26,27). The van der Waals surface area contributed by atoms with E-state index in [1.807, 2.05) is 38.2 Å². The summed E-state index contributed by atoms with van der Waals surface area (Å²) in [5, 5.41) is 3.62. The molecule has 0 amide bonds. The van der Waals surface area contributed by atoms with Crippen molar-refractivity contribution in [2.75, 3.05) is 47.6 Å². The first-order chi connectivity index (χ1) is 15.1. The van der Waals surface area contributed by atoms with Gasteiger partial charge in [0.05, 0.1) is 13.7 Å². The molecule has 1 heterocycles. The minimum atomic E-state index is 0.0143. The van der Waals surface area contributed by atoms with E-state index in [2.05, 4.69) is 46.5 Å². The molecule has 0 bridgehead atoms. The second-order valence-corrected chi connectivity index (χ2v) is 7.95. The van der Waals surface area contributed by atoms with Gasteiger partial charge in [-0.2, -0.15) is 0 Å². The van der Waals surface area contributed by atoms with Crippen LogP contribution in [0.3, 0.4) is 0 Å². The molecule has 1 fully saturated rings. The van der Waals surface area contributed by atoms with Crippen molar-refractivity contribution < 1.29 is 14.2 Å². The Morgan fingerprint density at radius 3 is 2.29 bits per heavy atom. The number of benzene rings is 2. The number of methoxy groups -OCH3 is 1. The van der Waals surface area contributed by atoms with Crippen LogP contribution in [-0.4, -0.2) is 58.4 Å². The molecular weight excluding hydrogens is 390 g/mol. The number of guanidine groups is 1. The topological polar surface area (TPSA) is 55.3 Å². The summed E-state index contributed by atoms with van der Waals surface area (Å²) in [5.41, 5.74) is 2.54. The average molecular weight is 426 g/mol. The number of ether oxygens (including phenoxy) is 3. The van der Waals surface area contributed by atoms with Crippen LogP contribution >= 0.6 is 0 Å². The SMILES string of the molecule is CCOc1ccc(CN(C)C(=NC)NCC2(c3ccc(OC)cc3)CCOCC2)cc1. The Morgan fingerprint density at radius 1 is 1.06 bits per heavy atom. The first-order valence-electron chi connectivity index (χ1n) is 11.0. The third kappa shape index (κ3) is 5.91. The fraction of sp³-hybridized carbons (Fsp3) is 0.480. The predicted molar refractivity (Wildman–Crippen MR) is 125 cm³/mol. The Morgan fingerprint density at radius 2 is 1.71 bits per heavy atom. The second-order valence-electron chi connectivity index (χ2n) is 7.95. The summed E-state index contributed by atoms with van der Waals surface area (Å²) in [6.45, 7) is 5.79. The maximum absolute atomic E-state index is 5.67. The number of rotatable bonds is 8. The highest BCUT2D eigenvalue weighted by Crippen LogP contribution is 2.35. The van der Waals surface area contributed by atoms with Crippen molar-refractivity contribution in [1.29, 1.82) is 0 Å². The van der Waals surface area contributed by atoms with Gasteiger partial charge in [0, 0.05) is 45.8 Å². The average Bonchev–Trinajstić information content (AvgIpc) is 2.81. The lowest BCUT2D eigenvalue weighted by Gasteiger charge is -2.39. The second kappa shape index (κ2) is 11.0. The molecule has 0 saturated carbocycles. The number of nitrogens with zero attached hydrogens (tertiary/aromatic N) is 2. The Bertz CT molecular complexity index is 828. The van der Waals surface area contributed by atoms with Gasteiger partial charge in [0.2, 0.25) is 0 Å². The molecule has 0 unspecified atom stereocenters. The Kier molecular flexibility index (Phi) is 8.18. The molecule has 2 aromatic rings. The first-order valence-corrected chi connectivity index (χ1v) is 11.0. The smallest absolute Gasteiger partial charge is 0.193 e. The van der Waals surface area contributed by atoms with E-state index in [4.69, 9.17) is 14.2 Å². The zero-order chi connectivity index (χ0) is 22.1. The van der Waals surface area contributed by atoms with Gasteiger partial charge in [-0.1, -0.05) is 24.3 Å². The fourth-order valence-corrected chi connectivity index (χ4v) is 4.11. The molecule has 0 atom stereocenters. The third-order valence-electron chi connectivity index (χ3n) is 5.96. The lowest BCUT2D eigenvalue weighted by Crippen LogP contribution is -2.48. The van der Waals surface area contributed by atoms with Crippen LogP contribution in [0.2, 0.25) is 0 Å². The molecule has 0 aliphatic carbocycles. The molecule has 1 aliphatic rings. The molecule has 1 N–H and O–H groups in total. The molecule has 1 saturated heterocycles. The van der Waals surface area contributed by atoms with Crippen LogP contribution in [-0.2, 0) is 16.7 Å². The van der Waals surface area contributed by atoms with Gasteiger partial charge in [-0.05, 0) is 55.2 Å². The van der Waals surface area contributed by atoms with E-state index in [0.29, 0.717) is 6.61 Å². The van der Waals surface area contributed by atoms with E-state index in [-0.39, 0.29) is 5.41 Å². The first kappa shape index (κ1) is 22.9. The van der Waals surface area contributed by atoms with E-state index in [9.17, 15) is 0 Å². The number of hydrogen-bond acceptors (Lipinski definition) is 4. The van der Waals surface area contributed by atoms with E-state index in [1.54, 1.807) is 7.11 Å². The summed E-state index contributed by atoms with van der Waals surface area (Å²) >= 11 is 0. The largest absolute Gasteiger partial charge is 0.497 e. The Labute approximate surface area is 186 Å². The van der Waals surface area contributed by atoms with Gasteiger partial charge in [0.15, 0.2) is 5.96 Å². The molecule has 31 heavy (non-hydrogen) atoms. The number of nitrogens with one attached hydrogen (secondary N) is 1. The zero-order valence-electron chi connectivity index (χ0n) is 19.2. The van der Waals surface area contributed by atoms with Crippen molar-refractivity contribution in [3.63, 3.8) is 0 Å². The van der Waals surface area contributed by atoms with Crippen LogP contribution in [0.1, 0.15) is 30.9 Å². The molecule has 168 valence electrons. The molecule has 0 aromatic heterocycles. The Balaban J connectivity index is 1.67. The van der Waals surface area contributed by atoms with Crippen LogP contribution in [0.15, 0.2) is 53.5 Å². The molecule has 0 radical (unpaired) electrons. The minimum Gasteiger partial charge on any atom is -0.497 e. The van der Waals surface area contributed by atoms with Crippen molar-refractivity contribution in [1.82, 2.24) is 10.2 Å². The van der Waals surface area contributed by atoms with Crippen LogP contribution in [0.4, 0.5) is 0 Å². The van der Waals surface area contributed by atoms with Gasteiger partial charge >= 0.3 is 0 Å². The minimum absolute atomic E-state index is 0.0143. The van der Waals surface area contributed by atoms with Crippen LogP contribution < -0.4 is 14.8 Å². The zero-order valence-corrected chi connectivity index (χ0v) is 19.2. The molecule has 1 aliphatic heterocycles. The fourth-order valence-electron chi connectivity index (χ4n) is 4.11. The van der Waals surface area contributed by atoms with Gasteiger partial charge in [0.25, 0.3) is 0 Å². The number of hydrogen-bond donors (Lipinski definition) is 1. The van der Waals surface area contributed by atoms with E-state index in [1.165, 1.54) is 11.1 Å². The summed E-state index contributed by atoms with van der Waals surface area (Å²) in [4.78, 5) is 6.67. The summed E-state index contributed by atoms with van der Waals surface area (Å²) < 4.78 is 16.6. The van der Waals surface area contributed by atoms with Crippen molar-refractivity contribution >= 4 is 5.96 Å². The van der Waals surface area contributed by atoms with Crippen molar-refractivity contribution in [3.8, 4) is 11.5 Å². The number of aliphatic imine (C=N–C) groups is 1. The van der Waals surface area contributed by atoms with E-state index < -0.39 is 0 Å². The van der Waals surface area contributed by atoms with E-state index >= 15 is 0 Å². The van der Waals surface area contributed by atoms with Crippen LogP contribution in [0.5, 0.6) is 11.5 Å². The van der Waals surface area contributed by atoms with Gasteiger partial charge in [-0.3, -0.25) is 4.99 Å². The van der Waals surface area contributed by atoms with Crippen LogP contribution in [0.25, 0.3) is 0 Å². The van der Waals surface area contributed by atoms with Crippen molar-refractivity contribution in [3.05, 3.63) is 59.7 Å². The maximum atomic E-state index is 5.67. The van der Waals surface area contributed by atoms with E-state index in [0.717, 1.165) is 56.6 Å². The lowest BCUT2D eigenvalue weighted by atomic mass is 9.74. The highest BCUT2D eigenvalue weighted by molar-refractivity contribution is 5.79. The summed E-state index contributed by atoms with van der Waals surface area (Å²) in [7, 11) is 5.60. The van der Waals surface area contributed by atoms with Crippen molar-refractivity contribution in [2.45, 2.75) is 31.7 Å². The summed E-state index contributed by atoms with van der Waals surface area (Å²) in [6.07, 6.45) is 1.96. The molecule has 6 nitrogen and oxygen atoms in total. The molecule has 3 rings (SSSR count). The molecule has 6 heteroatoms. The predicted octanol–water partition coefficient (Wildman–Crippen LogP) is 3.85. The summed E-state index contributed by atoms with van der Waals surface area (Å²) in [6, 6.07) is 16.7. The Hall–Kier alpha value is -2.73. The molecule has 2 aromatic carbocycles. The van der Waals surface area contributed by atoms with Gasteiger partial charge in [0.1, 0.15) is 11.5 Å². The molecule has 0 spiro atoms. The highest BCUT2D eigenvalue weighted by Gasteiger charge is 2.35. The summed E-state index contributed by atoms with van der Waals surface area (Å²) in [5.74, 6) is 2.66. The quantitative estimate of drug-likeness (QED) is 0.514. The maximum Gasteiger partial charge on any atom is 0.193 e. The van der Waals surface area contributed by atoms with Gasteiger partial charge < -0.3 is 24.4 Å².